The van der Waals surface area contributed by atoms with Crippen molar-refractivity contribution in [3.05, 3.63) is 33.7 Å². The molecule has 0 bridgehead atoms. The highest BCUT2D eigenvalue weighted by Crippen LogP contribution is 2.36. The van der Waals surface area contributed by atoms with Gasteiger partial charge in [0.2, 0.25) is 6.29 Å². The Kier molecular flexibility index (Phi) is 9.54. The maximum absolute atomic E-state index is 12.6. The van der Waals surface area contributed by atoms with Gasteiger partial charge in [-0.15, -0.1) is 6.42 Å². The zero-order chi connectivity index (χ0) is 28.0. The number of rotatable bonds is 9. The number of aryl methyl sites for hydroxylation is 1. The fourth-order valence-electron chi connectivity index (χ4n) is 4.15. The molecule has 13 heteroatoms. The maximum Gasteiger partial charge on any atom is 0.431 e. The van der Waals surface area contributed by atoms with Gasteiger partial charge in [-0.1, -0.05) is 18.0 Å². The lowest BCUT2D eigenvalue weighted by Crippen LogP contribution is -2.61. The smallest absolute Gasteiger partial charge is 0.431 e. The Bertz CT molecular complexity index is 1280. The lowest BCUT2D eigenvalue weighted by Gasteiger charge is -2.43. The molecule has 3 rings (SSSR count). The first-order valence-electron chi connectivity index (χ1n) is 11.6. The maximum atomic E-state index is 12.6. The molecule has 13 nitrogen and oxygen atoms in total. The summed E-state index contributed by atoms with van der Waals surface area (Å²) in [6.45, 7) is 4.73. The lowest BCUT2D eigenvalue weighted by molar-refractivity contribution is -0.276. The number of oxime groups is 1. The molecule has 0 saturated carbocycles. The molecule has 0 aliphatic carbocycles. The van der Waals surface area contributed by atoms with Gasteiger partial charge in [0, 0.05) is 12.7 Å². The Morgan fingerprint density at radius 1 is 1.29 bits per heavy atom. The molecule has 206 valence electrons. The largest absolute Gasteiger partial charge is 0.506 e. The van der Waals surface area contributed by atoms with Gasteiger partial charge in [0.15, 0.2) is 12.2 Å². The number of methoxy groups -OCH3 is 1. The van der Waals surface area contributed by atoms with E-state index in [1.54, 1.807) is 6.92 Å². The SMILES string of the molecule is C#CCONC(=O)O[C@H]1[C@@H](O)[C@H](Oc2ccc3c(O)c(/C(C)=N/OC)c(=O)oc3c2C)O[C@@H](CC)[C@@H]1OC. The normalized spacial score (nSPS) is 23.5. The number of carbonyl (C=O) groups excluding carboxylic acids is 1. The van der Waals surface area contributed by atoms with Crippen LogP contribution in [0.1, 0.15) is 31.4 Å². The minimum atomic E-state index is -1.49. The van der Waals surface area contributed by atoms with Gasteiger partial charge in [-0.25, -0.2) is 9.59 Å². The zero-order valence-electron chi connectivity index (χ0n) is 21.5. The molecule has 0 unspecified atom stereocenters. The van der Waals surface area contributed by atoms with E-state index in [1.807, 2.05) is 12.4 Å². The Balaban J connectivity index is 1.93. The van der Waals surface area contributed by atoms with Crippen LogP contribution in [0.2, 0.25) is 0 Å². The van der Waals surface area contributed by atoms with Crippen molar-refractivity contribution in [1.82, 2.24) is 5.48 Å². The summed E-state index contributed by atoms with van der Waals surface area (Å²) in [4.78, 5) is 34.2. The first-order valence-corrected chi connectivity index (χ1v) is 11.6. The van der Waals surface area contributed by atoms with Crippen molar-refractivity contribution in [1.29, 1.82) is 0 Å². The van der Waals surface area contributed by atoms with Gasteiger partial charge in [0.25, 0.3) is 0 Å². The van der Waals surface area contributed by atoms with Crippen LogP contribution in [0, 0.1) is 19.3 Å². The molecule has 2 heterocycles. The molecule has 1 aromatic carbocycles. The number of ether oxygens (including phenoxy) is 4. The summed E-state index contributed by atoms with van der Waals surface area (Å²) in [7, 11) is 2.70. The molecule has 1 fully saturated rings. The molecule has 3 N–H and O–H groups in total. The Hall–Kier alpha value is -3.83. The number of aliphatic hydroxyl groups is 1. The lowest BCUT2D eigenvalue weighted by atomic mass is 9.96. The minimum absolute atomic E-state index is 0.0592. The number of nitrogens with one attached hydrogen (secondary N) is 1. The van der Waals surface area contributed by atoms with E-state index in [2.05, 4.69) is 15.9 Å². The fourth-order valence-corrected chi connectivity index (χ4v) is 4.15. The quantitative estimate of drug-likeness (QED) is 0.141. The van der Waals surface area contributed by atoms with E-state index in [9.17, 15) is 19.8 Å². The van der Waals surface area contributed by atoms with Gasteiger partial charge in [-0.3, -0.25) is 4.84 Å². The number of hydrogen-bond donors (Lipinski definition) is 3. The predicted molar refractivity (Wildman–Crippen MR) is 133 cm³/mol. The van der Waals surface area contributed by atoms with Crippen LogP contribution in [-0.2, 0) is 23.9 Å². The van der Waals surface area contributed by atoms with Crippen molar-refractivity contribution in [2.75, 3.05) is 20.8 Å². The number of nitrogens with zero attached hydrogens (tertiary/aromatic N) is 1. The average molecular weight is 535 g/mol. The topological polar surface area (TPSA) is 168 Å². The van der Waals surface area contributed by atoms with E-state index in [1.165, 1.54) is 33.3 Å². The number of hydroxylamine groups is 1. The van der Waals surface area contributed by atoms with Gasteiger partial charge in [0.1, 0.15) is 42.5 Å². The van der Waals surface area contributed by atoms with E-state index in [0.29, 0.717) is 12.0 Å². The summed E-state index contributed by atoms with van der Waals surface area (Å²) in [5.74, 6) is 2.04. The van der Waals surface area contributed by atoms with Crippen LogP contribution in [0.15, 0.2) is 26.5 Å². The summed E-state index contributed by atoms with van der Waals surface area (Å²) in [6, 6.07) is 2.99. The van der Waals surface area contributed by atoms with Crippen molar-refractivity contribution >= 4 is 22.8 Å². The molecule has 0 spiro atoms. The second-order valence-corrected chi connectivity index (χ2v) is 8.26. The zero-order valence-corrected chi connectivity index (χ0v) is 21.5. The third-order valence-corrected chi connectivity index (χ3v) is 5.92. The molecule has 1 aliphatic heterocycles. The second kappa shape index (κ2) is 12.6. The summed E-state index contributed by atoms with van der Waals surface area (Å²) < 4.78 is 28.1. The van der Waals surface area contributed by atoms with Crippen LogP contribution in [0.25, 0.3) is 11.0 Å². The van der Waals surface area contributed by atoms with E-state index < -0.39 is 42.4 Å². The van der Waals surface area contributed by atoms with E-state index in [4.69, 9.17) is 34.6 Å². The number of hydrogen-bond acceptors (Lipinski definition) is 12. The Morgan fingerprint density at radius 2 is 2.03 bits per heavy atom. The van der Waals surface area contributed by atoms with Crippen LogP contribution in [-0.4, -0.2) is 73.6 Å². The van der Waals surface area contributed by atoms with Crippen molar-refractivity contribution in [2.45, 2.75) is 57.9 Å². The molecular formula is C25H30N2O11. The fraction of sp³-hybridized carbons (Fsp3) is 0.480. The van der Waals surface area contributed by atoms with Gasteiger partial charge in [-0.05, 0) is 32.4 Å². The standard InChI is InChI=1S/C25H30N2O11/c1-7-11-34-27-25(31)38-22-19(29)24(35-15(8-2)21(22)32-5)36-16-10-9-14-18(28)17(13(4)26-33-6)23(30)37-20(14)12(16)3/h1,9-10,15,19,21-22,24,28-29H,8,11H2,2-6H3,(H,27,31)/b26-13+/t15-,19+,21-,22-,24-/m0/s1. The number of benzene rings is 1. The molecule has 2 aromatic rings. The molecule has 0 radical (unpaired) electrons. The average Bonchev–Trinajstić information content (AvgIpc) is 2.88. The van der Waals surface area contributed by atoms with Crippen LogP contribution < -0.4 is 15.8 Å². The van der Waals surface area contributed by atoms with E-state index in [0.717, 1.165) is 0 Å². The number of fused-ring (bicyclic) bond motifs is 1. The van der Waals surface area contributed by atoms with Crippen molar-refractivity contribution < 1.29 is 48.0 Å². The minimum Gasteiger partial charge on any atom is -0.506 e. The van der Waals surface area contributed by atoms with Crippen LogP contribution in [0.5, 0.6) is 11.5 Å². The highest BCUT2D eigenvalue weighted by Gasteiger charge is 2.48. The van der Waals surface area contributed by atoms with Crippen molar-refractivity contribution in [3.8, 4) is 23.8 Å². The molecule has 1 aliphatic rings. The number of carbonyl (C=O) groups is 1. The van der Waals surface area contributed by atoms with Gasteiger partial charge in [-0.2, -0.15) is 5.48 Å². The molecule has 1 saturated heterocycles. The Labute approximate surface area is 218 Å². The summed E-state index contributed by atoms with van der Waals surface area (Å²) in [5, 5.41) is 25.7. The first-order chi connectivity index (χ1) is 18.2. The van der Waals surface area contributed by atoms with Crippen LogP contribution in [0.4, 0.5) is 4.79 Å². The number of aliphatic hydroxyl groups excluding tert-OH is 1. The molecular weight excluding hydrogens is 504 g/mol. The number of amides is 1. The Morgan fingerprint density at radius 3 is 2.66 bits per heavy atom. The monoisotopic (exact) mass is 534 g/mol. The van der Waals surface area contributed by atoms with Crippen LogP contribution >= 0.6 is 0 Å². The molecule has 1 aromatic heterocycles. The highest BCUT2D eigenvalue weighted by atomic mass is 16.7. The van der Waals surface area contributed by atoms with Gasteiger partial charge >= 0.3 is 11.7 Å². The third-order valence-electron chi connectivity index (χ3n) is 5.92. The molecule has 5 atom stereocenters. The van der Waals surface area contributed by atoms with E-state index >= 15 is 0 Å². The first kappa shape index (κ1) is 28.7. The summed E-state index contributed by atoms with van der Waals surface area (Å²) in [5.41, 5.74) is 1.59. The second-order valence-electron chi connectivity index (χ2n) is 8.26. The van der Waals surface area contributed by atoms with E-state index in [-0.39, 0.29) is 40.4 Å². The summed E-state index contributed by atoms with van der Waals surface area (Å²) >= 11 is 0. The number of aromatic hydroxyl groups is 1. The van der Waals surface area contributed by atoms with Gasteiger partial charge in [0.05, 0.1) is 17.2 Å². The van der Waals surface area contributed by atoms with Gasteiger partial charge < -0.3 is 38.4 Å². The van der Waals surface area contributed by atoms with Crippen molar-refractivity contribution in [2.24, 2.45) is 5.16 Å². The predicted octanol–water partition coefficient (Wildman–Crippen LogP) is 1.73. The number of terminal acetylenes is 1. The van der Waals surface area contributed by atoms with Crippen molar-refractivity contribution in [3.63, 3.8) is 0 Å². The third kappa shape index (κ3) is 5.84. The van der Waals surface area contributed by atoms with Crippen LogP contribution in [0.3, 0.4) is 0 Å². The molecule has 1 amide bonds. The highest BCUT2D eigenvalue weighted by molar-refractivity contribution is 6.04. The molecule has 38 heavy (non-hydrogen) atoms. The summed E-state index contributed by atoms with van der Waals surface area (Å²) in [6.07, 6.45) is -0.922.